The van der Waals surface area contributed by atoms with Crippen molar-refractivity contribution < 1.29 is 22.4 Å². The average Bonchev–Trinajstić information content (AvgIpc) is 2.27. The number of nitrogens with one attached hydrogen (secondary N) is 1. The summed E-state index contributed by atoms with van der Waals surface area (Å²) in [5.74, 6) is -2.50. The van der Waals surface area contributed by atoms with Crippen molar-refractivity contribution in [3.63, 3.8) is 0 Å². The summed E-state index contributed by atoms with van der Waals surface area (Å²) in [4.78, 5) is 11.5. The zero-order chi connectivity index (χ0) is 13.9. The van der Waals surface area contributed by atoms with Gasteiger partial charge in [-0.2, -0.15) is 13.2 Å². The Balaban J connectivity index is 3.08. The number of carbonyl (C=O) groups excluding carboxylic acids is 1. The number of hydrogen-bond donors (Lipinski definition) is 2. The van der Waals surface area contributed by atoms with Gasteiger partial charge in [-0.05, 0) is 19.1 Å². The summed E-state index contributed by atoms with van der Waals surface area (Å²) in [5, 5.41) is 2.29. The molecule has 1 unspecified atom stereocenters. The third-order valence-electron chi connectivity index (χ3n) is 2.28. The lowest BCUT2D eigenvalue weighted by atomic mass is 10.1. The first kappa shape index (κ1) is 14.4. The average molecular weight is 264 g/mol. The van der Waals surface area contributed by atoms with Crippen molar-refractivity contribution in [1.29, 1.82) is 0 Å². The van der Waals surface area contributed by atoms with E-state index in [0.717, 1.165) is 12.1 Å². The largest absolute Gasteiger partial charge is 0.419 e. The molecule has 0 aliphatic heterocycles. The molecule has 3 N–H and O–H groups in total. The standard InChI is InChI=1S/C11H12F4N2O/c1-6(5-16)17-10(18)7-3-2-4-8(9(7)12)11(13,14)15/h2-4,6H,5,16H2,1H3,(H,17,18). The van der Waals surface area contributed by atoms with Crippen LogP contribution in [0.1, 0.15) is 22.8 Å². The van der Waals surface area contributed by atoms with Crippen LogP contribution in [-0.2, 0) is 6.18 Å². The molecule has 0 aliphatic rings. The minimum Gasteiger partial charge on any atom is -0.348 e. The number of hydrogen-bond acceptors (Lipinski definition) is 2. The highest BCUT2D eigenvalue weighted by molar-refractivity contribution is 5.94. The summed E-state index contributed by atoms with van der Waals surface area (Å²) in [7, 11) is 0. The van der Waals surface area contributed by atoms with Crippen LogP contribution in [-0.4, -0.2) is 18.5 Å². The van der Waals surface area contributed by atoms with E-state index in [1.165, 1.54) is 0 Å². The van der Waals surface area contributed by atoms with Crippen LogP contribution >= 0.6 is 0 Å². The van der Waals surface area contributed by atoms with Gasteiger partial charge in [0.25, 0.3) is 5.91 Å². The lowest BCUT2D eigenvalue weighted by molar-refractivity contribution is -0.140. The SMILES string of the molecule is CC(CN)NC(=O)c1cccc(C(F)(F)F)c1F. The number of alkyl halides is 3. The van der Waals surface area contributed by atoms with Crippen LogP contribution in [0, 0.1) is 5.82 Å². The predicted octanol–water partition coefficient (Wildman–Crippen LogP) is 1.92. The van der Waals surface area contributed by atoms with Gasteiger partial charge in [0.05, 0.1) is 11.1 Å². The highest BCUT2D eigenvalue weighted by Gasteiger charge is 2.35. The molecule has 1 rings (SSSR count). The Bertz CT molecular complexity index is 445. The molecule has 18 heavy (non-hydrogen) atoms. The Morgan fingerprint density at radius 1 is 1.44 bits per heavy atom. The second-order valence-electron chi connectivity index (χ2n) is 3.78. The zero-order valence-electron chi connectivity index (χ0n) is 9.51. The van der Waals surface area contributed by atoms with Gasteiger partial charge in [0.2, 0.25) is 0 Å². The normalized spacial score (nSPS) is 13.2. The van der Waals surface area contributed by atoms with E-state index in [2.05, 4.69) is 5.32 Å². The molecule has 0 radical (unpaired) electrons. The Hall–Kier alpha value is -1.63. The van der Waals surface area contributed by atoms with Crippen molar-refractivity contribution >= 4 is 5.91 Å². The van der Waals surface area contributed by atoms with E-state index in [1.807, 2.05) is 0 Å². The van der Waals surface area contributed by atoms with E-state index in [4.69, 9.17) is 5.73 Å². The maximum Gasteiger partial charge on any atom is 0.419 e. The predicted molar refractivity (Wildman–Crippen MR) is 57.4 cm³/mol. The number of nitrogens with two attached hydrogens (primary N) is 1. The van der Waals surface area contributed by atoms with Crippen LogP contribution in [0.3, 0.4) is 0 Å². The molecule has 0 saturated carbocycles. The van der Waals surface area contributed by atoms with Crippen molar-refractivity contribution in [1.82, 2.24) is 5.32 Å². The molecule has 0 fully saturated rings. The lowest BCUT2D eigenvalue weighted by Gasteiger charge is -2.14. The first-order valence-corrected chi connectivity index (χ1v) is 5.14. The van der Waals surface area contributed by atoms with Gasteiger partial charge >= 0.3 is 6.18 Å². The number of halogens is 4. The molecule has 0 aliphatic carbocycles. The van der Waals surface area contributed by atoms with E-state index >= 15 is 0 Å². The molecule has 1 atom stereocenters. The first-order valence-electron chi connectivity index (χ1n) is 5.14. The molecule has 0 heterocycles. The van der Waals surface area contributed by atoms with Crippen LogP contribution in [0.4, 0.5) is 17.6 Å². The molecule has 0 bridgehead atoms. The lowest BCUT2D eigenvalue weighted by Crippen LogP contribution is -2.38. The van der Waals surface area contributed by atoms with Gasteiger partial charge in [0, 0.05) is 12.6 Å². The third-order valence-corrected chi connectivity index (χ3v) is 2.28. The molecular formula is C11H12F4N2O. The van der Waals surface area contributed by atoms with E-state index < -0.39 is 35.1 Å². The maximum absolute atomic E-state index is 13.6. The van der Waals surface area contributed by atoms with E-state index in [0.29, 0.717) is 6.07 Å². The molecule has 1 aromatic carbocycles. The summed E-state index contributed by atoms with van der Waals surface area (Å²) in [5.41, 5.74) is 3.14. The molecule has 3 nitrogen and oxygen atoms in total. The molecule has 1 amide bonds. The smallest absolute Gasteiger partial charge is 0.348 e. The number of carbonyl (C=O) groups is 1. The molecule has 0 spiro atoms. The molecule has 1 aromatic rings. The van der Waals surface area contributed by atoms with Gasteiger partial charge in [0.15, 0.2) is 0 Å². The summed E-state index contributed by atoms with van der Waals surface area (Å²) in [6.45, 7) is 1.66. The second-order valence-corrected chi connectivity index (χ2v) is 3.78. The van der Waals surface area contributed by atoms with Crippen LogP contribution in [0.25, 0.3) is 0 Å². The third kappa shape index (κ3) is 3.19. The summed E-state index contributed by atoms with van der Waals surface area (Å²) >= 11 is 0. The minimum absolute atomic E-state index is 0.103. The first-order chi connectivity index (χ1) is 8.27. The highest BCUT2D eigenvalue weighted by Crippen LogP contribution is 2.32. The van der Waals surface area contributed by atoms with Crippen molar-refractivity contribution in [3.8, 4) is 0 Å². The zero-order valence-corrected chi connectivity index (χ0v) is 9.51. The van der Waals surface area contributed by atoms with Crippen molar-refractivity contribution in [2.75, 3.05) is 6.54 Å². The van der Waals surface area contributed by atoms with Gasteiger partial charge in [-0.15, -0.1) is 0 Å². The van der Waals surface area contributed by atoms with Gasteiger partial charge < -0.3 is 11.1 Å². The monoisotopic (exact) mass is 264 g/mol. The molecule has 0 aromatic heterocycles. The number of rotatable bonds is 3. The number of benzene rings is 1. The summed E-state index contributed by atoms with van der Waals surface area (Å²) < 4.78 is 50.8. The van der Waals surface area contributed by atoms with Gasteiger partial charge in [-0.1, -0.05) is 6.07 Å². The number of amides is 1. The molecular weight excluding hydrogens is 252 g/mol. The van der Waals surface area contributed by atoms with Crippen molar-refractivity contribution in [2.24, 2.45) is 5.73 Å². The van der Waals surface area contributed by atoms with Gasteiger partial charge in [-0.25, -0.2) is 4.39 Å². The molecule has 0 saturated heterocycles. The van der Waals surface area contributed by atoms with Crippen LogP contribution in [0.2, 0.25) is 0 Å². The summed E-state index contributed by atoms with van der Waals surface area (Å²) in [6.07, 6.45) is -4.83. The Kier molecular flexibility index (Phi) is 4.28. The topological polar surface area (TPSA) is 55.1 Å². The summed E-state index contributed by atoms with van der Waals surface area (Å²) in [6, 6.07) is 2.10. The van der Waals surface area contributed by atoms with Crippen LogP contribution in [0.5, 0.6) is 0 Å². The van der Waals surface area contributed by atoms with E-state index in [9.17, 15) is 22.4 Å². The van der Waals surface area contributed by atoms with Crippen LogP contribution in [0.15, 0.2) is 18.2 Å². The van der Waals surface area contributed by atoms with Crippen molar-refractivity contribution in [2.45, 2.75) is 19.1 Å². The van der Waals surface area contributed by atoms with E-state index in [1.54, 1.807) is 6.92 Å². The van der Waals surface area contributed by atoms with Crippen molar-refractivity contribution in [3.05, 3.63) is 35.1 Å². The fourth-order valence-electron chi connectivity index (χ4n) is 1.29. The maximum atomic E-state index is 13.6. The Morgan fingerprint density at radius 2 is 2.06 bits per heavy atom. The minimum atomic E-state index is -4.83. The molecule has 7 heteroatoms. The fourth-order valence-corrected chi connectivity index (χ4v) is 1.29. The van der Waals surface area contributed by atoms with Crippen LogP contribution < -0.4 is 11.1 Å². The Labute approximate surface area is 101 Å². The van der Waals surface area contributed by atoms with Gasteiger partial charge in [0.1, 0.15) is 5.82 Å². The Morgan fingerprint density at radius 3 is 2.56 bits per heavy atom. The second kappa shape index (κ2) is 5.34. The molecule has 100 valence electrons. The van der Waals surface area contributed by atoms with Gasteiger partial charge in [-0.3, -0.25) is 4.79 Å². The highest BCUT2D eigenvalue weighted by atomic mass is 19.4. The fraction of sp³-hybridized carbons (Fsp3) is 0.364. The van der Waals surface area contributed by atoms with E-state index in [-0.39, 0.29) is 6.54 Å². The quantitative estimate of drug-likeness (QED) is 0.819.